The molecule has 0 saturated heterocycles. The first-order chi connectivity index (χ1) is 9.04. The number of carboxylic acids is 1. The Balaban J connectivity index is 2.49. The van der Waals surface area contributed by atoms with Gasteiger partial charge in [0.15, 0.2) is 5.16 Å². The summed E-state index contributed by atoms with van der Waals surface area (Å²) in [6, 6.07) is 3.78. The highest BCUT2D eigenvalue weighted by Gasteiger charge is 2.18. The zero-order valence-electron chi connectivity index (χ0n) is 9.88. The highest BCUT2D eigenvalue weighted by atomic mass is 32.2. The van der Waals surface area contributed by atoms with Crippen molar-refractivity contribution in [2.75, 3.05) is 0 Å². The van der Waals surface area contributed by atoms with Crippen LogP contribution in [0.4, 0.5) is 4.39 Å². The van der Waals surface area contributed by atoms with Crippen molar-refractivity contribution >= 4 is 17.7 Å². The highest BCUT2D eigenvalue weighted by Crippen LogP contribution is 2.30. The molecule has 6 nitrogen and oxygen atoms in total. The molecule has 1 aromatic carbocycles. The van der Waals surface area contributed by atoms with E-state index in [1.165, 1.54) is 16.7 Å². The number of H-pyrrole nitrogens is 1. The Hall–Kier alpha value is -2.09. The topological polar surface area (TPSA) is 88.0 Å². The van der Waals surface area contributed by atoms with Crippen LogP contribution in [0.2, 0.25) is 0 Å². The maximum Gasteiger partial charge on any atom is 0.343 e. The average molecular weight is 283 g/mol. The third-order valence-electron chi connectivity index (χ3n) is 2.43. The summed E-state index contributed by atoms with van der Waals surface area (Å²) in [6.45, 7) is 2.09. The molecular weight excluding hydrogens is 273 g/mol. The van der Waals surface area contributed by atoms with Crippen LogP contribution in [0.3, 0.4) is 0 Å². The molecule has 8 heteroatoms. The van der Waals surface area contributed by atoms with Gasteiger partial charge in [0, 0.05) is 6.54 Å². The number of benzene rings is 1. The standard InChI is InChI=1S/C11H10FN3O3S/c1-2-15-10(18)13-14-11(15)19-8-6(9(16)17)4-3-5-7(8)12/h3-5H,2H2,1H3,(H,13,18)(H,16,17). The highest BCUT2D eigenvalue weighted by molar-refractivity contribution is 7.99. The van der Waals surface area contributed by atoms with Crippen LogP contribution in [-0.2, 0) is 6.54 Å². The Kier molecular flexibility index (Phi) is 3.70. The van der Waals surface area contributed by atoms with E-state index < -0.39 is 17.5 Å². The van der Waals surface area contributed by atoms with Gasteiger partial charge < -0.3 is 5.11 Å². The second-order valence-electron chi connectivity index (χ2n) is 3.58. The molecule has 2 aromatic rings. The Morgan fingerprint density at radius 1 is 1.58 bits per heavy atom. The fourth-order valence-corrected chi connectivity index (χ4v) is 2.56. The molecule has 0 atom stereocenters. The lowest BCUT2D eigenvalue weighted by Crippen LogP contribution is -2.16. The SMILES string of the molecule is CCn1c(Sc2c(F)cccc2C(=O)O)n[nH]c1=O. The molecule has 0 aliphatic heterocycles. The van der Waals surface area contributed by atoms with Crippen LogP contribution < -0.4 is 5.69 Å². The van der Waals surface area contributed by atoms with Gasteiger partial charge in [0.05, 0.1) is 10.5 Å². The second-order valence-corrected chi connectivity index (χ2v) is 4.56. The third kappa shape index (κ3) is 2.53. The van der Waals surface area contributed by atoms with Gasteiger partial charge in [-0.05, 0) is 30.8 Å². The lowest BCUT2D eigenvalue weighted by Gasteiger charge is -2.06. The lowest BCUT2D eigenvalue weighted by molar-refractivity contribution is 0.0692. The van der Waals surface area contributed by atoms with Crippen LogP contribution in [0, 0.1) is 5.82 Å². The normalized spacial score (nSPS) is 10.6. The molecule has 2 rings (SSSR count). The molecular formula is C11H10FN3O3S. The van der Waals surface area contributed by atoms with E-state index in [2.05, 4.69) is 10.2 Å². The Morgan fingerprint density at radius 2 is 2.32 bits per heavy atom. The van der Waals surface area contributed by atoms with Gasteiger partial charge in [-0.2, -0.15) is 0 Å². The minimum Gasteiger partial charge on any atom is -0.478 e. The summed E-state index contributed by atoms with van der Waals surface area (Å²) in [7, 11) is 0. The molecule has 0 radical (unpaired) electrons. The Morgan fingerprint density at radius 3 is 2.95 bits per heavy atom. The number of aromatic amines is 1. The van der Waals surface area contributed by atoms with Crippen LogP contribution >= 0.6 is 11.8 Å². The van der Waals surface area contributed by atoms with Gasteiger partial charge in [-0.15, -0.1) is 5.10 Å². The first-order valence-electron chi connectivity index (χ1n) is 5.39. The molecule has 1 heterocycles. The summed E-state index contributed by atoms with van der Waals surface area (Å²) >= 11 is 0.806. The fourth-order valence-electron chi connectivity index (χ4n) is 1.53. The first-order valence-corrected chi connectivity index (χ1v) is 6.21. The van der Waals surface area contributed by atoms with E-state index in [1.807, 2.05) is 0 Å². The van der Waals surface area contributed by atoms with Gasteiger partial charge >= 0.3 is 11.7 Å². The van der Waals surface area contributed by atoms with Gasteiger partial charge in [0.25, 0.3) is 0 Å². The van der Waals surface area contributed by atoms with Crippen LogP contribution in [-0.4, -0.2) is 25.8 Å². The van der Waals surface area contributed by atoms with E-state index in [-0.39, 0.29) is 15.6 Å². The fraction of sp³-hybridized carbons (Fsp3) is 0.182. The van der Waals surface area contributed by atoms with Gasteiger partial charge in [-0.1, -0.05) is 6.07 Å². The van der Waals surface area contributed by atoms with Crippen LogP contribution in [0.25, 0.3) is 0 Å². The molecule has 1 aromatic heterocycles. The van der Waals surface area contributed by atoms with Gasteiger partial charge in [0.2, 0.25) is 0 Å². The van der Waals surface area contributed by atoms with Gasteiger partial charge in [-0.3, -0.25) is 4.57 Å². The van der Waals surface area contributed by atoms with Crippen molar-refractivity contribution in [2.24, 2.45) is 0 Å². The molecule has 0 bridgehead atoms. The number of hydrogen-bond donors (Lipinski definition) is 2. The zero-order chi connectivity index (χ0) is 14.0. The van der Waals surface area contributed by atoms with Crippen molar-refractivity contribution in [1.82, 2.24) is 14.8 Å². The van der Waals surface area contributed by atoms with Gasteiger partial charge in [-0.25, -0.2) is 19.1 Å². The molecule has 100 valence electrons. The Labute approximate surface area is 111 Å². The number of carbonyl (C=O) groups is 1. The van der Waals surface area contributed by atoms with E-state index in [1.54, 1.807) is 6.92 Å². The van der Waals surface area contributed by atoms with Crippen molar-refractivity contribution in [2.45, 2.75) is 23.5 Å². The molecule has 0 spiro atoms. The maximum absolute atomic E-state index is 13.7. The van der Waals surface area contributed by atoms with Crippen molar-refractivity contribution in [3.8, 4) is 0 Å². The largest absolute Gasteiger partial charge is 0.478 e. The zero-order valence-corrected chi connectivity index (χ0v) is 10.7. The van der Waals surface area contributed by atoms with E-state index in [0.29, 0.717) is 6.54 Å². The molecule has 0 saturated carbocycles. The first kappa shape index (κ1) is 13.3. The molecule has 0 aliphatic rings. The summed E-state index contributed by atoms with van der Waals surface area (Å²) in [5.74, 6) is -1.90. The molecule has 19 heavy (non-hydrogen) atoms. The average Bonchev–Trinajstić information content (AvgIpc) is 2.72. The van der Waals surface area contributed by atoms with Crippen molar-refractivity contribution in [3.63, 3.8) is 0 Å². The molecule has 0 unspecified atom stereocenters. The van der Waals surface area contributed by atoms with Crippen molar-refractivity contribution < 1.29 is 14.3 Å². The number of nitrogens with one attached hydrogen (secondary N) is 1. The van der Waals surface area contributed by atoms with Crippen molar-refractivity contribution in [1.29, 1.82) is 0 Å². The van der Waals surface area contributed by atoms with Crippen LogP contribution in [0.1, 0.15) is 17.3 Å². The van der Waals surface area contributed by atoms with Crippen LogP contribution in [0.15, 0.2) is 33.0 Å². The van der Waals surface area contributed by atoms with E-state index >= 15 is 0 Å². The number of nitrogens with zero attached hydrogens (tertiary/aromatic N) is 2. The molecule has 0 amide bonds. The summed E-state index contributed by atoms with van der Waals surface area (Å²) in [6.07, 6.45) is 0. The molecule has 0 fully saturated rings. The summed E-state index contributed by atoms with van der Waals surface area (Å²) in [5.41, 5.74) is -0.582. The van der Waals surface area contributed by atoms with E-state index in [9.17, 15) is 14.0 Å². The summed E-state index contributed by atoms with van der Waals surface area (Å²) in [5, 5.41) is 15.2. The summed E-state index contributed by atoms with van der Waals surface area (Å²) < 4.78 is 15.0. The monoisotopic (exact) mass is 283 g/mol. The quantitative estimate of drug-likeness (QED) is 0.889. The molecule has 0 aliphatic carbocycles. The number of hydrogen-bond acceptors (Lipinski definition) is 4. The lowest BCUT2D eigenvalue weighted by atomic mass is 10.2. The number of rotatable bonds is 4. The number of carboxylic acid groups (broad SMARTS) is 1. The predicted octanol–water partition coefficient (Wildman–Crippen LogP) is 1.58. The van der Waals surface area contributed by atoms with Crippen molar-refractivity contribution in [3.05, 3.63) is 40.1 Å². The molecule has 2 N–H and O–H groups in total. The van der Waals surface area contributed by atoms with Gasteiger partial charge in [0.1, 0.15) is 5.82 Å². The Bertz CT molecular complexity index is 680. The smallest absolute Gasteiger partial charge is 0.343 e. The van der Waals surface area contributed by atoms with E-state index in [4.69, 9.17) is 5.11 Å². The van der Waals surface area contributed by atoms with Crippen LogP contribution in [0.5, 0.6) is 0 Å². The minimum absolute atomic E-state index is 0.0660. The minimum atomic E-state index is -1.23. The second kappa shape index (κ2) is 5.27. The van der Waals surface area contributed by atoms with E-state index in [0.717, 1.165) is 17.8 Å². The maximum atomic E-state index is 13.7. The summed E-state index contributed by atoms with van der Waals surface area (Å²) in [4.78, 5) is 22.4. The predicted molar refractivity (Wildman–Crippen MR) is 66.0 cm³/mol. The number of halogens is 1. The number of aromatic nitrogens is 3. The third-order valence-corrected chi connectivity index (χ3v) is 3.54. The number of aromatic carboxylic acids is 1.